The Labute approximate surface area is 149 Å². The van der Waals surface area contributed by atoms with Crippen molar-refractivity contribution in [3.05, 3.63) is 29.8 Å². The number of hydrogen-bond acceptors (Lipinski definition) is 5. The number of rotatable bonds is 10. The number of aromatic nitrogens is 3. The van der Waals surface area contributed by atoms with Gasteiger partial charge in [-0.3, -0.25) is 4.79 Å². The zero-order chi connectivity index (χ0) is 18.1. The van der Waals surface area contributed by atoms with E-state index < -0.39 is 0 Å². The quantitative estimate of drug-likeness (QED) is 0.611. The molecule has 0 unspecified atom stereocenters. The molecule has 0 aliphatic rings. The summed E-state index contributed by atoms with van der Waals surface area (Å²) in [6.07, 6.45) is 3.40. The molecule has 6 heteroatoms. The lowest BCUT2D eigenvalue weighted by atomic mass is 10.1. The zero-order valence-electron chi connectivity index (χ0n) is 15.3. The molecule has 2 rings (SSSR count). The average Bonchev–Trinajstić information content (AvgIpc) is 3.03. The van der Waals surface area contributed by atoms with E-state index in [-0.39, 0.29) is 11.9 Å². The van der Waals surface area contributed by atoms with E-state index >= 15 is 0 Å². The molecule has 0 aliphatic heterocycles. The summed E-state index contributed by atoms with van der Waals surface area (Å²) in [5.41, 5.74) is 1.93. The van der Waals surface area contributed by atoms with Gasteiger partial charge in [-0.2, -0.15) is 9.67 Å². The van der Waals surface area contributed by atoms with Gasteiger partial charge in [-0.15, -0.1) is 5.10 Å². The van der Waals surface area contributed by atoms with Crippen molar-refractivity contribution >= 4 is 5.91 Å². The molecule has 0 saturated heterocycles. The van der Waals surface area contributed by atoms with Crippen LogP contribution in [0.15, 0.2) is 24.3 Å². The SMILES string of the molecule is CCCCCC(=O)n1nc(OCCOCC)nc1-c1ccccc1C. The van der Waals surface area contributed by atoms with Gasteiger partial charge in [-0.25, -0.2) is 0 Å². The number of carbonyl (C=O) groups is 1. The van der Waals surface area contributed by atoms with E-state index in [2.05, 4.69) is 17.0 Å². The highest BCUT2D eigenvalue weighted by molar-refractivity contribution is 5.82. The summed E-state index contributed by atoms with van der Waals surface area (Å²) in [6, 6.07) is 8.03. The van der Waals surface area contributed by atoms with Crippen molar-refractivity contribution in [2.45, 2.75) is 46.5 Å². The second-order valence-electron chi connectivity index (χ2n) is 5.84. The molecular weight excluding hydrogens is 318 g/mol. The first-order valence-electron chi connectivity index (χ1n) is 8.94. The molecule has 0 saturated carbocycles. The maximum absolute atomic E-state index is 12.6. The number of aryl methyl sites for hydroxylation is 1. The van der Waals surface area contributed by atoms with Gasteiger partial charge in [0.2, 0.25) is 5.91 Å². The zero-order valence-corrected chi connectivity index (χ0v) is 15.3. The van der Waals surface area contributed by atoms with Gasteiger partial charge < -0.3 is 9.47 Å². The molecular formula is C19H27N3O3. The first kappa shape index (κ1) is 19.1. The van der Waals surface area contributed by atoms with Crippen molar-refractivity contribution < 1.29 is 14.3 Å². The van der Waals surface area contributed by atoms with Gasteiger partial charge in [0, 0.05) is 18.6 Å². The third kappa shape index (κ3) is 5.39. The number of unbranched alkanes of at least 4 members (excludes halogenated alkanes) is 2. The molecule has 6 nitrogen and oxygen atoms in total. The first-order valence-corrected chi connectivity index (χ1v) is 8.94. The summed E-state index contributed by atoms with van der Waals surface area (Å²) in [4.78, 5) is 17.0. The summed E-state index contributed by atoms with van der Waals surface area (Å²) in [5.74, 6) is 0.477. The van der Waals surface area contributed by atoms with Crippen molar-refractivity contribution in [1.29, 1.82) is 0 Å². The Hall–Kier alpha value is -2.21. The highest BCUT2D eigenvalue weighted by atomic mass is 16.5. The van der Waals surface area contributed by atoms with E-state index in [1.54, 1.807) is 0 Å². The summed E-state index contributed by atoms with van der Waals surface area (Å²) >= 11 is 0. The highest BCUT2D eigenvalue weighted by Crippen LogP contribution is 2.24. The molecule has 0 bridgehead atoms. The lowest BCUT2D eigenvalue weighted by Gasteiger charge is -2.06. The van der Waals surface area contributed by atoms with Gasteiger partial charge in [-0.05, 0) is 25.8 Å². The van der Waals surface area contributed by atoms with Crippen LogP contribution in [0.2, 0.25) is 0 Å². The van der Waals surface area contributed by atoms with Crippen molar-refractivity contribution in [2.24, 2.45) is 0 Å². The summed E-state index contributed by atoms with van der Waals surface area (Å²) in [6.45, 7) is 7.49. The highest BCUT2D eigenvalue weighted by Gasteiger charge is 2.19. The molecule has 0 fully saturated rings. The Morgan fingerprint density at radius 3 is 2.68 bits per heavy atom. The van der Waals surface area contributed by atoms with Gasteiger partial charge >= 0.3 is 6.01 Å². The molecule has 2 aromatic rings. The third-order valence-corrected chi connectivity index (χ3v) is 3.87. The Bertz CT molecular complexity index is 682. The Morgan fingerprint density at radius 2 is 1.96 bits per heavy atom. The minimum atomic E-state index is -0.0566. The number of nitrogens with zero attached hydrogens (tertiary/aromatic N) is 3. The first-order chi connectivity index (χ1) is 12.2. The van der Waals surface area contributed by atoms with Crippen LogP contribution in [0.3, 0.4) is 0 Å². The van der Waals surface area contributed by atoms with E-state index in [4.69, 9.17) is 9.47 Å². The number of carbonyl (C=O) groups excluding carboxylic acids is 1. The number of benzene rings is 1. The van der Waals surface area contributed by atoms with Crippen LogP contribution in [-0.4, -0.2) is 40.5 Å². The minimum absolute atomic E-state index is 0.0566. The molecule has 1 heterocycles. The topological polar surface area (TPSA) is 66.2 Å². The van der Waals surface area contributed by atoms with Crippen LogP contribution in [0, 0.1) is 6.92 Å². The molecule has 0 atom stereocenters. The molecule has 0 N–H and O–H groups in total. The maximum atomic E-state index is 12.6. The second-order valence-corrected chi connectivity index (χ2v) is 5.84. The molecule has 1 aromatic heterocycles. The normalized spacial score (nSPS) is 10.8. The van der Waals surface area contributed by atoms with Crippen molar-refractivity contribution in [3.8, 4) is 17.4 Å². The van der Waals surface area contributed by atoms with Gasteiger partial charge in [-0.1, -0.05) is 44.0 Å². The summed E-state index contributed by atoms with van der Waals surface area (Å²) in [5, 5.41) is 4.28. The van der Waals surface area contributed by atoms with E-state index in [0.717, 1.165) is 30.4 Å². The summed E-state index contributed by atoms with van der Waals surface area (Å²) in [7, 11) is 0. The lowest BCUT2D eigenvalue weighted by Crippen LogP contribution is -2.14. The van der Waals surface area contributed by atoms with Gasteiger partial charge in [0.15, 0.2) is 5.82 Å². The van der Waals surface area contributed by atoms with Crippen LogP contribution in [-0.2, 0) is 4.74 Å². The lowest BCUT2D eigenvalue weighted by molar-refractivity contribution is 0.0878. The standard InChI is InChI=1S/C19H27N3O3/c1-4-6-7-12-17(23)22-18(16-11-9-8-10-15(16)3)20-19(21-22)25-14-13-24-5-2/h8-11H,4-7,12-14H2,1-3H3. The maximum Gasteiger partial charge on any atom is 0.336 e. The van der Waals surface area contributed by atoms with Gasteiger partial charge in [0.25, 0.3) is 0 Å². The van der Waals surface area contributed by atoms with E-state index in [1.807, 2.05) is 38.1 Å². The monoisotopic (exact) mass is 345 g/mol. The van der Waals surface area contributed by atoms with Crippen LogP contribution in [0.5, 0.6) is 6.01 Å². The van der Waals surface area contributed by atoms with Crippen LogP contribution in [0.1, 0.15) is 49.9 Å². The largest absolute Gasteiger partial charge is 0.460 e. The molecule has 0 aliphatic carbocycles. The second kappa shape index (κ2) is 9.93. The fraction of sp³-hybridized carbons (Fsp3) is 0.526. The van der Waals surface area contributed by atoms with Crippen LogP contribution in [0.25, 0.3) is 11.4 Å². The molecule has 25 heavy (non-hydrogen) atoms. The van der Waals surface area contributed by atoms with Crippen molar-refractivity contribution in [3.63, 3.8) is 0 Å². The van der Waals surface area contributed by atoms with Crippen LogP contribution >= 0.6 is 0 Å². The van der Waals surface area contributed by atoms with Crippen molar-refractivity contribution in [2.75, 3.05) is 19.8 Å². The minimum Gasteiger partial charge on any atom is -0.460 e. The Kier molecular flexibility index (Phi) is 7.60. The molecule has 0 spiro atoms. The predicted octanol–water partition coefficient (Wildman–Crippen LogP) is 3.89. The van der Waals surface area contributed by atoms with E-state index in [0.29, 0.717) is 32.1 Å². The Balaban J connectivity index is 2.23. The predicted molar refractivity (Wildman–Crippen MR) is 97.0 cm³/mol. The van der Waals surface area contributed by atoms with Crippen LogP contribution < -0.4 is 4.74 Å². The third-order valence-electron chi connectivity index (χ3n) is 3.87. The summed E-state index contributed by atoms with van der Waals surface area (Å²) < 4.78 is 12.2. The molecule has 0 amide bonds. The van der Waals surface area contributed by atoms with Gasteiger partial charge in [0.1, 0.15) is 6.61 Å². The van der Waals surface area contributed by atoms with Gasteiger partial charge in [0.05, 0.1) is 6.61 Å². The Morgan fingerprint density at radius 1 is 1.16 bits per heavy atom. The molecule has 1 aromatic carbocycles. The van der Waals surface area contributed by atoms with Crippen LogP contribution in [0.4, 0.5) is 0 Å². The smallest absolute Gasteiger partial charge is 0.336 e. The van der Waals surface area contributed by atoms with E-state index in [1.165, 1.54) is 4.68 Å². The fourth-order valence-corrected chi connectivity index (χ4v) is 2.49. The fourth-order valence-electron chi connectivity index (χ4n) is 2.49. The molecule has 0 radical (unpaired) electrons. The molecule has 136 valence electrons. The number of hydrogen-bond donors (Lipinski definition) is 0. The van der Waals surface area contributed by atoms with E-state index in [9.17, 15) is 4.79 Å². The number of ether oxygens (including phenoxy) is 2. The average molecular weight is 345 g/mol. The van der Waals surface area contributed by atoms with Crippen molar-refractivity contribution in [1.82, 2.24) is 14.8 Å².